The smallest absolute Gasteiger partial charge is 0.327 e. The van der Waals surface area contributed by atoms with Crippen molar-refractivity contribution in [3.8, 4) is 0 Å². The van der Waals surface area contributed by atoms with E-state index in [0.717, 1.165) is 0 Å². The maximum atomic E-state index is 13.2. The lowest BCUT2D eigenvalue weighted by molar-refractivity contribution is -0.141. The number of H-pyrrole nitrogens is 1. The largest absolute Gasteiger partial charge is 0.480 e. The summed E-state index contributed by atoms with van der Waals surface area (Å²) in [5, 5.41) is 16.9. The van der Waals surface area contributed by atoms with Crippen LogP contribution in [0.25, 0.3) is 0 Å². The molecule has 0 bridgehead atoms. The Kier molecular flexibility index (Phi) is 13.3. The summed E-state index contributed by atoms with van der Waals surface area (Å²) >= 11 is 3.95. The lowest BCUT2D eigenvalue weighted by atomic mass is 10.0. The fraction of sp³-hybridized carbons (Fsp3) is 0.619. The number of nitrogens with one attached hydrogen (secondary N) is 4. The van der Waals surface area contributed by atoms with Gasteiger partial charge in [0.25, 0.3) is 0 Å². The standard InChI is InChI=1S/C21H37N9O5S/c1-11(2)6-14(28-17(31)13(22)4-3-5-26-21(23)24)18(32)29-15(7-12-8-25-10-27-12)19(33)30-16(9-36)20(34)35/h8,10-11,13-16,36H,3-7,9,22H2,1-2H3,(H,25,27)(H,28,31)(H,29,32)(H,30,33)(H,34,35)(H4,23,24,26). The molecule has 1 aromatic rings. The summed E-state index contributed by atoms with van der Waals surface area (Å²) in [4.78, 5) is 60.5. The van der Waals surface area contributed by atoms with Crippen molar-refractivity contribution in [2.45, 2.75) is 63.7 Å². The zero-order valence-corrected chi connectivity index (χ0v) is 21.3. The van der Waals surface area contributed by atoms with Gasteiger partial charge in [-0.25, -0.2) is 9.78 Å². The van der Waals surface area contributed by atoms with Crippen molar-refractivity contribution < 1.29 is 24.3 Å². The number of hydrogen-bond donors (Lipinski definition) is 9. The van der Waals surface area contributed by atoms with Crippen LogP contribution in [0.15, 0.2) is 17.5 Å². The van der Waals surface area contributed by atoms with Gasteiger partial charge in [0, 0.05) is 30.6 Å². The Morgan fingerprint density at radius 2 is 1.69 bits per heavy atom. The Morgan fingerprint density at radius 1 is 1.08 bits per heavy atom. The minimum Gasteiger partial charge on any atom is -0.480 e. The highest BCUT2D eigenvalue weighted by Crippen LogP contribution is 2.08. The Labute approximate surface area is 215 Å². The van der Waals surface area contributed by atoms with Gasteiger partial charge in [-0.15, -0.1) is 0 Å². The number of aliphatic carboxylic acids is 1. The molecule has 15 heteroatoms. The van der Waals surface area contributed by atoms with Crippen molar-refractivity contribution in [2.75, 3.05) is 12.3 Å². The SMILES string of the molecule is CC(C)CC(NC(=O)C(N)CCCN=C(N)N)C(=O)NC(Cc1cnc[nH]1)C(=O)NC(CS)C(=O)O. The topological polar surface area (TPSA) is 244 Å². The van der Waals surface area contributed by atoms with Crippen LogP contribution in [0, 0.1) is 5.92 Å². The first kappa shape index (κ1) is 30.7. The zero-order valence-electron chi connectivity index (χ0n) is 20.4. The molecule has 4 unspecified atom stereocenters. The summed E-state index contributed by atoms with van der Waals surface area (Å²) in [7, 11) is 0. The van der Waals surface area contributed by atoms with Gasteiger partial charge in [-0.3, -0.25) is 19.4 Å². The number of carbonyl (C=O) groups excluding carboxylic acids is 3. The fourth-order valence-electron chi connectivity index (χ4n) is 3.19. The number of carboxylic acids is 1. The number of hydrogen-bond acceptors (Lipinski definition) is 8. The predicted octanol–water partition coefficient (Wildman–Crippen LogP) is -2.15. The molecule has 0 saturated carbocycles. The molecule has 4 atom stereocenters. The van der Waals surface area contributed by atoms with Crippen LogP contribution in [0.2, 0.25) is 0 Å². The molecule has 0 aliphatic rings. The molecule has 202 valence electrons. The van der Waals surface area contributed by atoms with Gasteiger partial charge in [-0.05, 0) is 25.2 Å². The zero-order chi connectivity index (χ0) is 27.3. The number of carboxylic acid groups (broad SMARTS) is 1. The minimum atomic E-state index is -1.26. The molecule has 0 spiro atoms. The molecule has 14 nitrogen and oxygen atoms in total. The number of aromatic nitrogens is 2. The van der Waals surface area contributed by atoms with Crippen molar-refractivity contribution in [3.05, 3.63) is 18.2 Å². The molecule has 0 fully saturated rings. The highest BCUT2D eigenvalue weighted by molar-refractivity contribution is 7.80. The number of amides is 3. The van der Waals surface area contributed by atoms with E-state index in [2.05, 4.69) is 43.5 Å². The van der Waals surface area contributed by atoms with Gasteiger partial charge >= 0.3 is 5.97 Å². The average molecular weight is 528 g/mol. The molecule has 0 saturated heterocycles. The first-order chi connectivity index (χ1) is 16.9. The number of guanidine groups is 1. The van der Waals surface area contributed by atoms with Crippen molar-refractivity contribution in [2.24, 2.45) is 28.1 Å². The summed E-state index contributed by atoms with van der Waals surface area (Å²) in [6.07, 6.45) is 3.96. The van der Waals surface area contributed by atoms with Crippen LogP contribution in [-0.4, -0.2) is 81.2 Å². The van der Waals surface area contributed by atoms with Crippen molar-refractivity contribution >= 4 is 42.3 Å². The maximum Gasteiger partial charge on any atom is 0.327 e. The Balaban J connectivity index is 2.94. The lowest BCUT2D eigenvalue weighted by Crippen LogP contribution is -2.58. The van der Waals surface area contributed by atoms with Crippen molar-refractivity contribution in [1.82, 2.24) is 25.9 Å². The van der Waals surface area contributed by atoms with E-state index in [1.54, 1.807) is 0 Å². The van der Waals surface area contributed by atoms with E-state index in [-0.39, 0.29) is 30.5 Å². The van der Waals surface area contributed by atoms with Gasteiger partial charge in [0.15, 0.2) is 5.96 Å². The van der Waals surface area contributed by atoms with Crippen molar-refractivity contribution in [1.29, 1.82) is 0 Å². The predicted molar refractivity (Wildman–Crippen MR) is 137 cm³/mol. The van der Waals surface area contributed by atoms with E-state index < -0.39 is 47.9 Å². The summed E-state index contributed by atoms with van der Waals surface area (Å²) in [6, 6.07) is -4.25. The number of thiol groups is 1. The number of rotatable bonds is 16. The number of aliphatic imine (C=N–C) groups is 1. The molecule has 1 aromatic heterocycles. The monoisotopic (exact) mass is 527 g/mol. The minimum absolute atomic E-state index is 0.0170. The van der Waals surface area contributed by atoms with Crippen LogP contribution in [0.3, 0.4) is 0 Å². The molecule has 1 rings (SSSR count). The van der Waals surface area contributed by atoms with Gasteiger partial charge in [-0.1, -0.05) is 13.8 Å². The van der Waals surface area contributed by atoms with Gasteiger partial charge in [0.05, 0.1) is 12.4 Å². The molecule has 3 amide bonds. The van der Waals surface area contributed by atoms with E-state index in [9.17, 15) is 24.3 Å². The maximum absolute atomic E-state index is 13.2. The van der Waals surface area contributed by atoms with E-state index >= 15 is 0 Å². The highest BCUT2D eigenvalue weighted by atomic mass is 32.1. The quantitative estimate of drug-likeness (QED) is 0.0491. The van der Waals surface area contributed by atoms with E-state index in [1.807, 2.05) is 13.8 Å². The lowest BCUT2D eigenvalue weighted by Gasteiger charge is -2.25. The Hall–Kier alpha value is -3.33. The second-order valence-corrected chi connectivity index (χ2v) is 9.04. The molecule has 0 radical (unpaired) electrons. The van der Waals surface area contributed by atoms with E-state index in [4.69, 9.17) is 17.2 Å². The van der Waals surface area contributed by atoms with Crippen LogP contribution in [0.4, 0.5) is 0 Å². The fourth-order valence-corrected chi connectivity index (χ4v) is 3.44. The summed E-state index contributed by atoms with van der Waals surface area (Å²) in [6.45, 7) is 4.06. The summed E-state index contributed by atoms with van der Waals surface area (Å²) < 4.78 is 0. The second-order valence-electron chi connectivity index (χ2n) is 8.67. The molecule has 36 heavy (non-hydrogen) atoms. The number of nitrogens with two attached hydrogens (primary N) is 3. The van der Waals surface area contributed by atoms with Crippen LogP contribution in [0.1, 0.15) is 38.8 Å². The normalized spacial score (nSPS) is 14.2. The first-order valence-corrected chi connectivity index (χ1v) is 12.1. The number of carbonyl (C=O) groups is 4. The molecular formula is C21H37N9O5S. The number of imidazole rings is 1. The van der Waals surface area contributed by atoms with Crippen LogP contribution >= 0.6 is 12.6 Å². The van der Waals surface area contributed by atoms with Crippen LogP contribution in [0.5, 0.6) is 0 Å². The van der Waals surface area contributed by atoms with Crippen LogP contribution < -0.4 is 33.2 Å². The van der Waals surface area contributed by atoms with Gasteiger partial charge in [-0.2, -0.15) is 12.6 Å². The molecule has 1 heterocycles. The first-order valence-electron chi connectivity index (χ1n) is 11.5. The van der Waals surface area contributed by atoms with Gasteiger partial charge in [0.1, 0.15) is 18.1 Å². The average Bonchev–Trinajstić information content (AvgIpc) is 3.31. The molecule has 0 aliphatic carbocycles. The number of nitrogens with zero attached hydrogens (tertiary/aromatic N) is 2. The van der Waals surface area contributed by atoms with Crippen LogP contribution in [-0.2, 0) is 25.6 Å². The third-order valence-electron chi connectivity index (χ3n) is 5.05. The van der Waals surface area contributed by atoms with Gasteiger partial charge in [0.2, 0.25) is 17.7 Å². The molecule has 11 N–H and O–H groups in total. The van der Waals surface area contributed by atoms with Gasteiger partial charge < -0.3 is 43.2 Å². The molecular weight excluding hydrogens is 490 g/mol. The third-order valence-corrected chi connectivity index (χ3v) is 5.42. The highest BCUT2D eigenvalue weighted by Gasteiger charge is 2.30. The molecule has 0 aromatic carbocycles. The van der Waals surface area contributed by atoms with E-state index in [0.29, 0.717) is 25.1 Å². The molecule has 0 aliphatic heterocycles. The van der Waals surface area contributed by atoms with Crippen molar-refractivity contribution in [3.63, 3.8) is 0 Å². The third kappa shape index (κ3) is 11.4. The van der Waals surface area contributed by atoms with E-state index in [1.165, 1.54) is 12.5 Å². The second kappa shape index (κ2) is 15.6. The summed E-state index contributed by atoms with van der Waals surface area (Å²) in [5.74, 6) is -3.29. The number of aromatic amines is 1. The Bertz CT molecular complexity index is 890. The summed E-state index contributed by atoms with van der Waals surface area (Å²) in [5.41, 5.74) is 17.0. The Morgan fingerprint density at radius 3 is 2.22 bits per heavy atom.